The normalized spacial score (nSPS) is 10.4. The zero-order chi connectivity index (χ0) is 9.68. The lowest BCUT2D eigenvalue weighted by Gasteiger charge is -2.01. The number of rotatable bonds is 4. The number of thiol groups is 1. The van der Waals surface area contributed by atoms with E-state index in [4.69, 9.17) is 23.2 Å². The van der Waals surface area contributed by atoms with Crippen LogP contribution in [0.1, 0.15) is 6.42 Å². The Balaban J connectivity index is 2.53. The largest absolute Gasteiger partial charge is 0.179 e. The Labute approximate surface area is 98.4 Å². The Kier molecular flexibility index (Phi) is 5.41. The maximum Gasteiger partial charge on any atom is 0.0603 e. The molecule has 0 unspecified atom stereocenters. The van der Waals surface area contributed by atoms with Crippen LogP contribution < -0.4 is 0 Å². The van der Waals surface area contributed by atoms with E-state index in [2.05, 4.69) is 12.6 Å². The van der Waals surface area contributed by atoms with E-state index in [1.54, 1.807) is 11.8 Å². The summed E-state index contributed by atoms with van der Waals surface area (Å²) in [6.07, 6.45) is 1.11. The highest BCUT2D eigenvalue weighted by molar-refractivity contribution is 7.99. The second-order valence-corrected chi connectivity index (χ2v) is 4.93. The SMILES string of the molecule is SCCCSc1ccc(Cl)c(Cl)c1. The number of hydrogen-bond acceptors (Lipinski definition) is 2. The van der Waals surface area contributed by atoms with E-state index < -0.39 is 0 Å². The van der Waals surface area contributed by atoms with Gasteiger partial charge in [-0.25, -0.2) is 0 Å². The summed E-state index contributed by atoms with van der Waals surface area (Å²) in [5.74, 6) is 2.00. The fourth-order valence-corrected chi connectivity index (χ4v) is 2.45. The van der Waals surface area contributed by atoms with Crippen LogP contribution >= 0.6 is 47.6 Å². The molecule has 1 aromatic carbocycles. The first kappa shape index (κ1) is 11.6. The summed E-state index contributed by atoms with van der Waals surface area (Å²) in [4.78, 5) is 1.16. The molecule has 0 heterocycles. The second-order valence-electron chi connectivity index (χ2n) is 2.50. The Morgan fingerprint density at radius 1 is 1.23 bits per heavy atom. The van der Waals surface area contributed by atoms with Gasteiger partial charge in [-0.3, -0.25) is 0 Å². The first-order valence-electron chi connectivity index (χ1n) is 3.93. The molecule has 4 heteroatoms. The molecule has 0 aliphatic rings. The van der Waals surface area contributed by atoms with Crippen molar-refractivity contribution in [1.82, 2.24) is 0 Å². The van der Waals surface area contributed by atoms with Gasteiger partial charge in [0.25, 0.3) is 0 Å². The van der Waals surface area contributed by atoms with Crippen molar-refractivity contribution in [2.45, 2.75) is 11.3 Å². The lowest BCUT2D eigenvalue weighted by atomic mass is 10.4. The van der Waals surface area contributed by atoms with Crippen LogP contribution in [0.5, 0.6) is 0 Å². The number of hydrogen-bond donors (Lipinski definition) is 1. The van der Waals surface area contributed by atoms with Crippen molar-refractivity contribution in [1.29, 1.82) is 0 Å². The summed E-state index contributed by atoms with van der Waals surface area (Å²) in [5.41, 5.74) is 0. The van der Waals surface area contributed by atoms with Gasteiger partial charge >= 0.3 is 0 Å². The predicted octanol–water partition coefficient (Wildman–Crippen LogP) is 4.41. The molecule has 0 saturated carbocycles. The van der Waals surface area contributed by atoms with Gasteiger partial charge in [0, 0.05) is 4.90 Å². The quantitative estimate of drug-likeness (QED) is 0.471. The van der Waals surface area contributed by atoms with Crippen LogP contribution in [0.2, 0.25) is 10.0 Å². The average Bonchev–Trinajstić information content (AvgIpc) is 2.12. The van der Waals surface area contributed by atoms with E-state index >= 15 is 0 Å². The minimum absolute atomic E-state index is 0.611. The molecular formula is C9H10Cl2S2. The van der Waals surface area contributed by atoms with E-state index in [0.29, 0.717) is 10.0 Å². The topological polar surface area (TPSA) is 0 Å². The Morgan fingerprint density at radius 2 is 2.00 bits per heavy atom. The molecule has 0 fully saturated rings. The van der Waals surface area contributed by atoms with E-state index in [-0.39, 0.29) is 0 Å². The minimum Gasteiger partial charge on any atom is -0.179 e. The summed E-state index contributed by atoms with van der Waals surface area (Å²) < 4.78 is 0. The van der Waals surface area contributed by atoms with Gasteiger partial charge in [-0.05, 0) is 36.1 Å². The summed E-state index contributed by atoms with van der Waals surface area (Å²) in [5, 5.41) is 1.23. The molecule has 0 radical (unpaired) electrons. The van der Waals surface area contributed by atoms with E-state index in [0.717, 1.165) is 22.8 Å². The van der Waals surface area contributed by atoms with Crippen molar-refractivity contribution < 1.29 is 0 Å². The fraction of sp³-hybridized carbons (Fsp3) is 0.333. The monoisotopic (exact) mass is 252 g/mol. The summed E-state index contributed by atoms with van der Waals surface area (Å²) >= 11 is 17.6. The van der Waals surface area contributed by atoms with E-state index in [1.807, 2.05) is 18.2 Å². The fourth-order valence-electron chi connectivity index (χ4n) is 0.821. The third-order valence-corrected chi connectivity index (χ3v) is 3.60. The molecule has 0 aliphatic heterocycles. The predicted molar refractivity (Wildman–Crippen MR) is 65.7 cm³/mol. The molecule has 0 bridgehead atoms. The lowest BCUT2D eigenvalue weighted by molar-refractivity contribution is 1.13. The molecule has 0 saturated heterocycles. The van der Waals surface area contributed by atoms with Gasteiger partial charge in [0.1, 0.15) is 0 Å². The molecule has 1 rings (SSSR count). The molecule has 0 atom stereocenters. The van der Waals surface area contributed by atoms with Crippen LogP contribution in [-0.2, 0) is 0 Å². The molecule has 72 valence electrons. The van der Waals surface area contributed by atoms with Crippen molar-refractivity contribution in [3.05, 3.63) is 28.2 Å². The zero-order valence-corrected chi connectivity index (χ0v) is 10.2. The van der Waals surface area contributed by atoms with Gasteiger partial charge in [0.15, 0.2) is 0 Å². The van der Waals surface area contributed by atoms with Crippen LogP contribution in [0.3, 0.4) is 0 Å². The Morgan fingerprint density at radius 3 is 2.62 bits per heavy atom. The van der Waals surface area contributed by atoms with Crippen LogP contribution in [-0.4, -0.2) is 11.5 Å². The first-order chi connectivity index (χ1) is 6.24. The van der Waals surface area contributed by atoms with Crippen molar-refractivity contribution in [3.63, 3.8) is 0 Å². The third kappa shape index (κ3) is 4.03. The Bertz CT molecular complexity index is 276. The molecule has 0 aromatic heterocycles. The maximum atomic E-state index is 5.87. The van der Waals surface area contributed by atoms with E-state index in [9.17, 15) is 0 Å². The number of halogens is 2. The maximum absolute atomic E-state index is 5.87. The molecule has 0 amide bonds. The number of thioether (sulfide) groups is 1. The van der Waals surface area contributed by atoms with Gasteiger partial charge < -0.3 is 0 Å². The minimum atomic E-state index is 0.611. The van der Waals surface area contributed by atoms with Gasteiger partial charge in [0.2, 0.25) is 0 Å². The lowest BCUT2D eigenvalue weighted by Crippen LogP contribution is -1.81. The molecule has 0 spiro atoms. The van der Waals surface area contributed by atoms with E-state index in [1.165, 1.54) is 0 Å². The van der Waals surface area contributed by atoms with Gasteiger partial charge in [-0.2, -0.15) is 12.6 Å². The average molecular weight is 253 g/mol. The standard InChI is InChI=1S/C9H10Cl2S2/c10-8-3-2-7(6-9(8)11)13-5-1-4-12/h2-3,6,12H,1,4-5H2. The Hall–Kier alpha value is 0.500. The molecule has 13 heavy (non-hydrogen) atoms. The molecule has 0 N–H and O–H groups in total. The summed E-state index contributed by atoms with van der Waals surface area (Å²) in [6.45, 7) is 0. The van der Waals surface area contributed by atoms with Crippen molar-refractivity contribution in [2.24, 2.45) is 0 Å². The van der Waals surface area contributed by atoms with Crippen LogP contribution in [0.15, 0.2) is 23.1 Å². The molecule has 1 aromatic rings. The van der Waals surface area contributed by atoms with Crippen molar-refractivity contribution >= 4 is 47.6 Å². The van der Waals surface area contributed by atoms with Gasteiger partial charge in [0.05, 0.1) is 10.0 Å². The van der Waals surface area contributed by atoms with Crippen molar-refractivity contribution in [3.8, 4) is 0 Å². The second kappa shape index (κ2) is 6.07. The zero-order valence-electron chi connectivity index (χ0n) is 6.96. The van der Waals surface area contributed by atoms with Crippen LogP contribution in [0.25, 0.3) is 0 Å². The van der Waals surface area contributed by atoms with Gasteiger partial charge in [-0.1, -0.05) is 23.2 Å². The first-order valence-corrected chi connectivity index (χ1v) is 6.30. The summed E-state index contributed by atoms with van der Waals surface area (Å²) in [6, 6.07) is 5.71. The highest BCUT2D eigenvalue weighted by Crippen LogP contribution is 2.28. The van der Waals surface area contributed by atoms with Gasteiger partial charge in [-0.15, -0.1) is 11.8 Å². The molecular weight excluding hydrogens is 243 g/mol. The number of benzene rings is 1. The molecule has 0 nitrogen and oxygen atoms in total. The highest BCUT2D eigenvalue weighted by Gasteiger charge is 1.99. The molecule has 0 aliphatic carbocycles. The van der Waals surface area contributed by atoms with Crippen LogP contribution in [0, 0.1) is 0 Å². The van der Waals surface area contributed by atoms with Crippen LogP contribution in [0.4, 0.5) is 0 Å². The highest BCUT2D eigenvalue weighted by atomic mass is 35.5. The third-order valence-electron chi connectivity index (χ3n) is 1.46. The smallest absolute Gasteiger partial charge is 0.0603 e. The summed E-state index contributed by atoms with van der Waals surface area (Å²) in [7, 11) is 0. The van der Waals surface area contributed by atoms with Crippen molar-refractivity contribution in [2.75, 3.05) is 11.5 Å².